The lowest BCUT2D eigenvalue weighted by Gasteiger charge is -2.34. The van der Waals surface area contributed by atoms with E-state index < -0.39 is 6.04 Å². The number of aromatic nitrogens is 1. The molecule has 0 unspecified atom stereocenters. The van der Waals surface area contributed by atoms with Gasteiger partial charge in [0.25, 0.3) is 0 Å². The molecule has 0 aliphatic carbocycles. The van der Waals surface area contributed by atoms with Gasteiger partial charge >= 0.3 is 0 Å². The highest BCUT2D eigenvalue weighted by molar-refractivity contribution is 5.98. The highest BCUT2D eigenvalue weighted by atomic mass is 16.2. The zero-order valence-corrected chi connectivity index (χ0v) is 15.9. The molecule has 2 aliphatic rings. The van der Waals surface area contributed by atoms with Gasteiger partial charge in [-0.1, -0.05) is 48.0 Å². The molecular weight excluding hydrogens is 350 g/mol. The maximum absolute atomic E-state index is 13.0. The molecule has 28 heavy (non-hydrogen) atoms. The number of nitrogens with zero attached hydrogens (tertiary/aromatic N) is 1. The fraction of sp³-hybridized carbons (Fsp3) is 0.304. The Hall–Kier alpha value is -3.08. The molecule has 2 amide bonds. The number of carbonyl (C=O) groups is 2. The van der Waals surface area contributed by atoms with Gasteiger partial charge in [-0.25, -0.2) is 0 Å². The molecule has 2 aliphatic heterocycles. The molecule has 5 heteroatoms. The molecule has 2 N–H and O–H groups in total. The Morgan fingerprint density at radius 1 is 1.07 bits per heavy atom. The average Bonchev–Trinajstić information content (AvgIpc) is 3.33. The van der Waals surface area contributed by atoms with E-state index in [0.29, 0.717) is 13.0 Å². The first-order valence-corrected chi connectivity index (χ1v) is 9.89. The number of nitrogens with one attached hydrogen (secondary N) is 2. The second-order valence-electron chi connectivity index (χ2n) is 7.85. The van der Waals surface area contributed by atoms with Gasteiger partial charge in [-0.05, 0) is 37.0 Å². The average molecular weight is 373 g/mol. The highest BCUT2D eigenvalue weighted by Crippen LogP contribution is 2.33. The molecule has 0 radical (unpaired) electrons. The summed E-state index contributed by atoms with van der Waals surface area (Å²) >= 11 is 0. The molecule has 142 valence electrons. The van der Waals surface area contributed by atoms with Gasteiger partial charge < -0.3 is 15.2 Å². The first kappa shape index (κ1) is 17.0. The van der Waals surface area contributed by atoms with E-state index in [2.05, 4.69) is 47.6 Å². The number of carbonyl (C=O) groups excluding carboxylic acids is 2. The van der Waals surface area contributed by atoms with Crippen LogP contribution in [0.15, 0.2) is 48.5 Å². The number of hydrogen-bond donors (Lipinski definition) is 2. The van der Waals surface area contributed by atoms with Crippen molar-refractivity contribution in [3.8, 4) is 11.3 Å². The van der Waals surface area contributed by atoms with Crippen LogP contribution in [0.5, 0.6) is 0 Å². The Bertz CT molecular complexity index is 1070. The van der Waals surface area contributed by atoms with Crippen molar-refractivity contribution in [3.63, 3.8) is 0 Å². The number of benzene rings is 2. The lowest BCUT2D eigenvalue weighted by molar-refractivity contribution is -0.146. The summed E-state index contributed by atoms with van der Waals surface area (Å²) < 4.78 is 0. The predicted molar refractivity (Wildman–Crippen MR) is 109 cm³/mol. The summed E-state index contributed by atoms with van der Waals surface area (Å²) in [5.74, 6) is 0.0288. The fourth-order valence-corrected chi connectivity index (χ4v) is 4.55. The van der Waals surface area contributed by atoms with E-state index in [1.807, 2.05) is 18.2 Å². The van der Waals surface area contributed by atoms with Gasteiger partial charge in [-0.2, -0.15) is 0 Å². The van der Waals surface area contributed by atoms with E-state index in [1.54, 1.807) is 4.90 Å². The summed E-state index contributed by atoms with van der Waals surface area (Å²) in [6, 6.07) is 15.7. The first-order chi connectivity index (χ1) is 13.6. The summed E-state index contributed by atoms with van der Waals surface area (Å²) in [7, 11) is 0. The van der Waals surface area contributed by atoms with Crippen molar-refractivity contribution in [1.29, 1.82) is 0 Å². The van der Waals surface area contributed by atoms with E-state index in [4.69, 9.17) is 0 Å². The third-order valence-corrected chi connectivity index (χ3v) is 6.02. The Balaban J connectivity index is 1.56. The van der Waals surface area contributed by atoms with Crippen LogP contribution in [0.2, 0.25) is 0 Å². The summed E-state index contributed by atoms with van der Waals surface area (Å²) in [6.07, 6.45) is 2.16. The second-order valence-corrected chi connectivity index (χ2v) is 7.85. The van der Waals surface area contributed by atoms with Crippen LogP contribution in [0, 0.1) is 6.92 Å². The third-order valence-electron chi connectivity index (χ3n) is 6.02. The molecule has 2 atom stereocenters. The number of piperazine rings is 1. The van der Waals surface area contributed by atoms with Crippen molar-refractivity contribution in [1.82, 2.24) is 15.2 Å². The van der Waals surface area contributed by atoms with E-state index in [-0.39, 0.29) is 17.9 Å². The summed E-state index contributed by atoms with van der Waals surface area (Å²) in [4.78, 5) is 30.8. The molecule has 5 rings (SSSR count). The lowest BCUT2D eigenvalue weighted by Crippen LogP contribution is -2.61. The van der Waals surface area contributed by atoms with Gasteiger partial charge in [0.2, 0.25) is 11.8 Å². The summed E-state index contributed by atoms with van der Waals surface area (Å²) in [5.41, 5.74) is 5.44. The molecular formula is C23H23N3O2. The topological polar surface area (TPSA) is 65.2 Å². The van der Waals surface area contributed by atoms with Gasteiger partial charge in [-0.15, -0.1) is 0 Å². The molecule has 1 aromatic heterocycles. The quantitative estimate of drug-likeness (QED) is 0.741. The predicted octanol–water partition coefficient (Wildman–Crippen LogP) is 3.18. The minimum absolute atomic E-state index is 0.0150. The molecule has 3 heterocycles. The Labute approximate surface area is 163 Å². The number of para-hydroxylation sites is 1. The monoisotopic (exact) mass is 373 g/mol. The number of H-pyrrole nitrogens is 1. The zero-order chi connectivity index (χ0) is 19.3. The summed E-state index contributed by atoms with van der Waals surface area (Å²) in [5, 5.41) is 4.08. The van der Waals surface area contributed by atoms with Crippen LogP contribution in [-0.4, -0.2) is 40.3 Å². The van der Waals surface area contributed by atoms with Crippen LogP contribution in [-0.2, 0) is 16.0 Å². The van der Waals surface area contributed by atoms with Crippen molar-refractivity contribution in [3.05, 3.63) is 59.7 Å². The Kier molecular flexibility index (Phi) is 3.97. The molecule has 2 saturated heterocycles. The van der Waals surface area contributed by atoms with Crippen LogP contribution in [0.25, 0.3) is 22.2 Å². The highest BCUT2D eigenvalue weighted by Gasteiger charge is 2.43. The Morgan fingerprint density at radius 3 is 2.68 bits per heavy atom. The molecule has 3 aromatic rings. The second kappa shape index (κ2) is 6.51. The maximum Gasteiger partial charge on any atom is 0.246 e. The van der Waals surface area contributed by atoms with Crippen LogP contribution in [0.3, 0.4) is 0 Å². The number of aryl methyl sites for hydroxylation is 1. The van der Waals surface area contributed by atoms with Gasteiger partial charge in [0.05, 0.1) is 0 Å². The number of rotatable bonds is 3. The van der Waals surface area contributed by atoms with E-state index >= 15 is 0 Å². The molecule has 2 fully saturated rings. The third kappa shape index (κ3) is 2.70. The minimum atomic E-state index is -0.509. The molecule has 0 spiro atoms. The van der Waals surface area contributed by atoms with Crippen molar-refractivity contribution in [2.24, 2.45) is 0 Å². The van der Waals surface area contributed by atoms with Crippen LogP contribution < -0.4 is 5.32 Å². The van der Waals surface area contributed by atoms with E-state index in [0.717, 1.165) is 40.6 Å². The van der Waals surface area contributed by atoms with E-state index in [1.165, 1.54) is 5.56 Å². The lowest BCUT2D eigenvalue weighted by atomic mass is 9.96. The number of amides is 2. The standard InChI is InChI=1S/C23H23N3O2/c1-14-8-10-15(11-9-14)21-17(16-5-2-3-6-18(16)24-21)13-19-23(28)26-12-4-7-20(26)22(27)25-19/h2-3,5-6,8-11,19-20,24H,4,7,12-13H2,1H3,(H,25,27)/t19-,20+/m0/s1. The number of aromatic amines is 1. The van der Waals surface area contributed by atoms with Gasteiger partial charge in [0, 0.05) is 29.6 Å². The summed E-state index contributed by atoms with van der Waals surface area (Å²) in [6.45, 7) is 2.75. The van der Waals surface area contributed by atoms with Crippen LogP contribution in [0.4, 0.5) is 0 Å². The number of hydrogen-bond acceptors (Lipinski definition) is 2. The number of fused-ring (bicyclic) bond motifs is 2. The van der Waals surface area contributed by atoms with Crippen molar-refractivity contribution in [2.75, 3.05) is 6.54 Å². The first-order valence-electron chi connectivity index (χ1n) is 9.89. The van der Waals surface area contributed by atoms with Crippen molar-refractivity contribution in [2.45, 2.75) is 38.3 Å². The molecule has 5 nitrogen and oxygen atoms in total. The largest absolute Gasteiger partial charge is 0.354 e. The Morgan fingerprint density at radius 2 is 1.86 bits per heavy atom. The minimum Gasteiger partial charge on any atom is -0.354 e. The van der Waals surface area contributed by atoms with Crippen LogP contribution in [0.1, 0.15) is 24.0 Å². The molecule has 0 saturated carbocycles. The fourth-order valence-electron chi connectivity index (χ4n) is 4.55. The zero-order valence-electron chi connectivity index (χ0n) is 15.9. The van der Waals surface area contributed by atoms with Gasteiger partial charge in [-0.3, -0.25) is 9.59 Å². The van der Waals surface area contributed by atoms with Crippen LogP contribution >= 0.6 is 0 Å². The van der Waals surface area contributed by atoms with Crippen molar-refractivity contribution >= 4 is 22.7 Å². The van der Waals surface area contributed by atoms with E-state index in [9.17, 15) is 9.59 Å². The van der Waals surface area contributed by atoms with Crippen molar-refractivity contribution < 1.29 is 9.59 Å². The molecule has 2 aromatic carbocycles. The normalized spacial score (nSPS) is 21.8. The SMILES string of the molecule is Cc1ccc(-c2[nH]c3ccccc3c2C[C@@H]2NC(=O)[C@H]3CCCN3C2=O)cc1. The maximum atomic E-state index is 13.0. The van der Waals surface area contributed by atoms with Gasteiger partial charge in [0.1, 0.15) is 12.1 Å². The smallest absolute Gasteiger partial charge is 0.246 e. The molecule has 0 bridgehead atoms. The van der Waals surface area contributed by atoms with Gasteiger partial charge in [0.15, 0.2) is 0 Å².